The Morgan fingerprint density at radius 1 is 1.43 bits per heavy atom. The molecule has 0 aliphatic carbocycles. The summed E-state index contributed by atoms with van der Waals surface area (Å²) >= 11 is 0. The second-order valence-electron chi connectivity index (χ2n) is 3.17. The molecule has 6 heteroatoms. The average Bonchev–Trinajstić information content (AvgIpc) is 2.47. The smallest absolute Gasteiger partial charge is 0.320 e. The Bertz CT molecular complexity index is 226. The molecule has 1 aliphatic rings. The molecule has 0 amide bonds. The Morgan fingerprint density at radius 2 is 2.07 bits per heavy atom. The average molecular weight is 218 g/mol. The molecule has 1 fully saturated rings. The van der Waals surface area contributed by atoms with Crippen molar-refractivity contribution in [2.45, 2.75) is 18.9 Å². The van der Waals surface area contributed by atoms with E-state index in [9.17, 15) is 9.59 Å². The predicted octanol–water partition coefficient (Wildman–Crippen LogP) is -0.0205. The molecule has 0 N–H and O–H groups in total. The quantitative estimate of drug-likeness (QED) is 0.369. The molecule has 1 heterocycles. The fraction of sp³-hybridized carbons (Fsp3) is 0.750. The minimum absolute atomic E-state index is 0.202. The number of hydrogen-bond acceptors (Lipinski definition) is 5. The van der Waals surface area contributed by atoms with Gasteiger partial charge >= 0.3 is 21.2 Å². The molecule has 0 saturated carbocycles. The van der Waals surface area contributed by atoms with Gasteiger partial charge in [-0.3, -0.25) is 9.59 Å². The zero-order chi connectivity index (χ0) is 10.6. The largest absolute Gasteiger partial charge is 0.400 e. The molecule has 1 atom stereocenters. The molecule has 0 aromatic carbocycles. The lowest BCUT2D eigenvalue weighted by Crippen LogP contribution is -2.21. The van der Waals surface area contributed by atoms with Crippen molar-refractivity contribution in [3.63, 3.8) is 0 Å². The van der Waals surface area contributed by atoms with Crippen LogP contribution in [-0.4, -0.2) is 35.4 Å². The van der Waals surface area contributed by atoms with E-state index in [2.05, 4.69) is 4.74 Å². The van der Waals surface area contributed by atoms with Crippen LogP contribution in [0, 0.1) is 5.92 Å². The van der Waals surface area contributed by atoms with Crippen LogP contribution in [0.3, 0.4) is 0 Å². The van der Waals surface area contributed by atoms with Gasteiger partial charge in [0.2, 0.25) is 0 Å². The minimum Gasteiger partial charge on any atom is -0.400 e. The normalized spacial score (nSPS) is 21.8. The molecule has 1 rings (SSSR count). The van der Waals surface area contributed by atoms with E-state index in [1.165, 1.54) is 0 Å². The highest BCUT2D eigenvalue weighted by Gasteiger charge is 2.33. The molecule has 0 aromatic rings. The first-order valence-electron chi connectivity index (χ1n) is 4.47. The highest BCUT2D eigenvalue weighted by molar-refractivity contribution is 6.44. The van der Waals surface area contributed by atoms with Gasteiger partial charge in [-0.25, -0.2) is 0 Å². The van der Waals surface area contributed by atoms with E-state index in [4.69, 9.17) is 8.85 Å². The first-order valence-corrected chi connectivity index (χ1v) is 6.23. The van der Waals surface area contributed by atoms with Crippen LogP contribution in [0.15, 0.2) is 0 Å². The van der Waals surface area contributed by atoms with Crippen LogP contribution in [0.4, 0.5) is 0 Å². The molecule has 0 bridgehead atoms. The fourth-order valence-electron chi connectivity index (χ4n) is 1.41. The zero-order valence-electron chi connectivity index (χ0n) is 8.32. The summed E-state index contributed by atoms with van der Waals surface area (Å²) < 4.78 is 14.6. The number of carbonyl (C=O) groups is 2. The molecular formula is C8H14O5Si. The molecule has 80 valence electrons. The number of hydrogen-bond donors (Lipinski definition) is 0. The molecule has 0 radical (unpaired) electrons. The molecule has 5 nitrogen and oxygen atoms in total. The maximum absolute atomic E-state index is 11.1. The van der Waals surface area contributed by atoms with Crippen LogP contribution in [0.25, 0.3) is 0 Å². The molecular weight excluding hydrogens is 204 g/mol. The summed E-state index contributed by atoms with van der Waals surface area (Å²) in [6.45, 7) is 0. The first kappa shape index (κ1) is 11.4. The lowest BCUT2D eigenvalue weighted by molar-refractivity contribution is -0.153. The van der Waals surface area contributed by atoms with Crippen LogP contribution in [0.2, 0.25) is 6.04 Å². The van der Waals surface area contributed by atoms with Gasteiger partial charge in [0.05, 0.1) is 12.3 Å². The summed E-state index contributed by atoms with van der Waals surface area (Å²) in [5, 5.41) is 0. The van der Waals surface area contributed by atoms with Crippen molar-refractivity contribution in [2.75, 3.05) is 14.2 Å². The van der Waals surface area contributed by atoms with E-state index < -0.39 is 21.2 Å². The molecule has 1 aliphatic heterocycles. The number of ether oxygens (including phenoxy) is 1. The first-order chi connectivity index (χ1) is 6.67. The van der Waals surface area contributed by atoms with E-state index in [1.54, 1.807) is 14.2 Å². The van der Waals surface area contributed by atoms with Crippen LogP contribution < -0.4 is 0 Å². The van der Waals surface area contributed by atoms with Crippen molar-refractivity contribution in [1.29, 1.82) is 0 Å². The summed E-state index contributed by atoms with van der Waals surface area (Å²) in [6, 6.07) is 0.722. The van der Waals surface area contributed by atoms with Gasteiger partial charge in [0.25, 0.3) is 0 Å². The zero-order valence-corrected chi connectivity index (χ0v) is 9.47. The van der Waals surface area contributed by atoms with E-state index >= 15 is 0 Å². The van der Waals surface area contributed by atoms with Crippen molar-refractivity contribution in [1.82, 2.24) is 0 Å². The van der Waals surface area contributed by atoms with Crippen molar-refractivity contribution in [2.24, 2.45) is 5.92 Å². The Hall–Kier alpha value is -0.723. The van der Waals surface area contributed by atoms with Gasteiger partial charge in [0.1, 0.15) is 0 Å². The Kier molecular flexibility index (Phi) is 4.24. The number of rotatable bonds is 5. The molecule has 1 saturated heterocycles. The van der Waals surface area contributed by atoms with Crippen molar-refractivity contribution < 1.29 is 23.2 Å². The van der Waals surface area contributed by atoms with Crippen molar-refractivity contribution in [3.8, 4) is 0 Å². The molecule has 0 spiro atoms. The van der Waals surface area contributed by atoms with Gasteiger partial charge in [-0.1, -0.05) is 0 Å². The third-order valence-corrected chi connectivity index (χ3v) is 4.09. The number of carbonyl (C=O) groups excluding carboxylic acids is 2. The Labute approximate surface area is 84.2 Å². The van der Waals surface area contributed by atoms with Crippen LogP contribution in [0.5, 0.6) is 0 Å². The maximum Gasteiger partial charge on any atom is 0.320 e. The topological polar surface area (TPSA) is 61.8 Å². The van der Waals surface area contributed by atoms with Crippen LogP contribution in [0.1, 0.15) is 12.8 Å². The molecule has 1 unspecified atom stereocenters. The van der Waals surface area contributed by atoms with Crippen molar-refractivity contribution in [3.05, 3.63) is 0 Å². The van der Waals surface area contributed by atoms with Gasteiger partial charge < -0.3 is 13.6 Å². The standard InChI is InChI=1S/C8H14O5Si/c1-11-14(12-2)4-3-6-5-7(9)13-8(6)10/h6,14H,3-5H2,1-2H3. The SMILES string of the molecule is CO[SiH](CCC1CC(=O)OC1=O)OC. The highest BCUT2D eigenvalue weighted by atomic mass is 28.3. The number of esters is 2. The monoisotopic (exact) mass is 218 g/mol. The predicted molar refractivity (Wildman–Crippen MR) is 49.8 cm³/mol. The lowest BCUT2D eigenvalue weighted by atomic mass is 10.1. The van der Waals surface area contributed by atoms with Crippen LogP contribution >= 0.6 is 0 Å². The van der Waals surface area contributed by atoms with E-state index in [-0.39, 0.29) is 12.3 Å². The maximum atomic E-state index is 11.1. The van der Waals surface area contributed by atoms with E-state index in [0.717, 1.165) is 6.04 Å². The van der Waals surface area contributed by atoms with E-state index in [0.29, 0.717) is 6.42 Å². The Morgan fingerprint density at radius 3 is 2.50 bits per heavy atom. The second-order valence-corrected chi connectivity index (χ2v) is 5.55. The van der Waals surface area contributed by atoms with Gasteiger partial charge in [0, 0.05) is 14.2 Å². The van der Waals surface area contributed by atoms with Gasteiger partial charge in [0.15, 0.2) is 0 Å². The van der Waals surface area contributed by atoms with Crippen molar-refractivity contribution >= 4 is 21.2 Å². The third-order valence-electron chi connectivity index (χ3n) is 2.24. The highest BCUT2D eigenvalue weighted by Crippen LogP contribution is 2.22. The molecule has 14 heavy (non-hydrogen) atoms. The number of cyclic esters (lactones) is 2. The second kappa shape index (κ2) is 5.23. The van der Waals surface area contributed by atoms with Gasteiger partial charge in [-0.05, 0) is 12.5 Å². The summed E-state index contributed by atoms with van der Waals surface area (Å²) in [5.41, 5.74) is 0. The van der Waals surface area contributed by atoms with E-state index in [1.807, 2.05) is 0 Å². The summed E-state index contributed by atoms with van der Waals surface area (Å²) in [7, 11) is 1.58. The van der Waals surface area contributed by atoms with Crippen LogP contribution in [-0.2, 0) is 23.2 Å². The summed E-state index contributed by atoms with van der Waals surface area (Å²) in [6.07, 6.45) is 0.816. The third kappa shape index (κ3) is 2.90. The van der Waals surface area contributed by atoms with Gasteiger partial charge in [-0.15, -0.1) is 0 Å². The minimum atomic E-state index is -1.62. The van der Waals surface area contributed by atoms with Gasteiger partial charge in [-0.2, -0.15) is 0 Å². The lowest BCUT2D eigenvalue weighted by Gasteiger charge is -2.11. The summed E-state index contributed by atoms with van der Waals surface area (Å²) in [5.74, 6) is -1.12. The summed E-state index contributed by atoms with van der Waals surface area (Å²) in [4.78, 5) is 21.8. The Balaban J connectivity index is 2.31. The fourth-order valence-corrected chi connectivity index (χ4v) is 2.75. The molecule has 0 aromatic heterocycles.